The van der Waals surface area contributed by atoms with Gasteiger partial charge in [0.2, 0.25) is 10.0 Å². The lowest BCUT2D eigenvalue weighted by Crippen LogP contribution is -2.31. The summed E-state index contributed by atoms with van der Waals surface area (Å²) in [4.78, 5) is 8.60. The van der Waals surface area contributed by atoms with E-state index in [4.69, 9.17) is 0 Å². The average molecular weight is 449 g/mol. The number of anilines is 1. The molecule has 3 aromatic rings. The molecule has 0 spiro atoms. The van der Waals surface area contributed by atoms with Crippen molar-refractivity contribution in [3.8, 4) is 0 Å². The summed E-state index contributed by atoms with van der Waals surface area (Å²) >= 11 is 3.47. The van der Waals surface area contributed by atoms with Gasteiger partial charge in [0.15, 0.2) is 0 Å². The van der Waals surface area contributed by atoms with Crippen molar-refractivity contribution in [3.05, 3.63) is 64.4 Å². The first-order valence-electron chi connectivity index (χ1n) is 8.54. The lowest BCUT2D eigenvalue weighted by atomic mass is 10.1. The molecule has 0 saturated heterocycles. The molecule has 0 fully saturated rings. The third kappa shape index (κ3) is 5.47. The van der Waals surface area contributed by atoms with Crippen molar-refractivity contribution >= 4 is 42.7 Å². The molecule has 0 saturated carbocycles. The predicted molar refractivity (Wildman–Crippen MR) is 112 cm³/mol. The smallest absolute Gasteiger partial charge is 0.216 e. The van der Waals surface area contributed by atoms with Crippen LogP contribution in [0.3, 0.4) is 0 Å². The van der Waals surface area contributed by atoms with Crippen LogP contribution < -0.4 is 10.0 Å². The van der Waals surface area contributed by atoms with Crippen LogP contribution in [-0.2, 0) is 22.3 Å². The standard InChI is InChI=1S/C19H21BrN4O2S/c1-13(2)24-27(25,26)11-15-5-3-14(4-6-15)10-21-19-17-9-16(20)7-8-18(17)22-12-23-19/h3-9,12-13,24H,10-11H2,1-2H3,(H,21,22,23). The number of sulfonamides is 1. The molecule has 27 heavy (non-hydrogen) atoms. The summed E-state index contributed by atoms with van der Waals surface area (Å²) in [6, 6.07) is 13.3. The van der Waals surface area contributed by atoms with Crippen molar-refractivity contribution in [2.75, 3.05) is 5.32 Å². The van der Waals surface area contributed by atoms with Crippen molar-refractivity contribution in [1.29, 1.82) is 0 Å². The molecule has 0 bridgehead atoms. The van der Waals surface area contributed by atoms with Crippen LogP contribution >= 0.6 is 15.9 Å². The van der Waals surface area contributed by atoms with E-state index >= 15 is 0 Å². The fraction of sp³-hybridized carbons (Fsp3) is 0.263. The largest absolute Gasteiger partial charge is 0.365 e. The Morgan fingerprint density at radius 1 is 1.04 bits per heavy atom. The minimum absolute atomic E-state index is 0.0243. The lowest BCUT2D eigenvalue weighted by molar-refractivity contribution is 0.569. The van der Waals surface area contributed by atoms with E-state index in [2.05, 4.69) is 35.9 Å². The third-order valence-electron chi connectivity index (χ3n) is 3.85. The van der Waals surface area contributed by atoms with Gasteiger partial charge >= 0.3 is 0 Å². The molecule has 0 unspecified atom stereocenters. The van der Waals surface area contributed by atoms with Crippen LogP contribution in [0.2, 0.25) is 0 Å². The van der Waals surface area contributed by atoms with Gasteiger partial charge in [0, 0.05) is 22.4 Å². The zero-order valence-corrected chi connectivity index (χ0v) is 17.5. The van der Waals surface area contributed by atoms with Gasteiger partial charge in [-0.3, -0.25) is 0 Å². The maximum atomic E-state index is 12.0. The second-order valence-electron chi connectivity index (χ2n) is 6.59. The van der Waals surface area contributed by atoms with Crippen molar-refractivity contribution in [1.82, 2.24) is 14.7 Å². The zero-order chi connectivity index (χ0) is 19.4. The molecule has 2 aromatic carbocycles. The van der Waals surface area contributed by atoms with Gasteiger partial charge in [-0.1, -0.05) is 40.2 Å². The van der Waals surface area contributed by atoms with Crippen molar-refractivity contribution < 1.29 is 8.42 Å². The summed E-state index contributed by atoms with van der Waals surface area (Å²) in [5.74, 6) is 0.734. The SMILES string of the molecule is CC(C)NS(=O)(=O)Cc1ccc(CNc2ncnc3ccc(Br)cc23)cc1. The number of hydrogen-bond donors (Lipinski definition) is 2. The molecule has 1 heterocycles. The Labute approximate surface area is 167 Å². The van der Waals surface area contributed by atoms with E-state index in [0.717, 1.165) is 32.3 Å². The predicted octanol–water partition coefficient (Wildman–Crippen LogP) is 3.83. The Hall–Kier alpha value is -2.03. The van der Waals surface area contributed by atoms with Gasteiger partial charge in [0.25, 0.3) is 0 Å². The summed E-state index contributed by atoms with van der Waals surface area (Å²) in [5, 5.41) is 4.26. The van der Waals surface area contributed by atoms with Gasteiger partial charge in [-0.15, -0.1) is 0 Å². The summed E-state index contributed by atoms with van der Waals surface area (Å²) in [7, 11) is -3.32. The Bertz CT molecular complexity index is 1040. The highest BCUT2D eigenvalue weighted by Gasteiger charge is 2.12. The molecule has 0 atom stereocenters. The van der Waals surface area contributed by atoms with Crippen LogP contribution in [0, 0.1) is 0 Å². The Balaban J connectivity index is 1.68. The molecule has 0 aliphatic carbocycles. The first-order valence-corrected chi connectivity index (χ1v) is 11.0. The van der Waals surface area contributed by atoms with Gasteiger partial charge in [0.05, 0.1) is 11.3 Å². The fourth-order valence-electron chi connectivity index (χ4n) is 2.73. The minimum atomic E-state index is -3.32. The van der Waals surface area contributed by atoms with Gasteiger partial charge < -0.3 is 5.32 Å². The third-order valence-corrected chi connectivity index (χ3v) is 5.89. The van der Waals surface area contributed by atoms with Crippen LogP contribution in [0.5, 0.6) is 0 Å². The number of nitrogens with zero attached hydrogens (tertiary/aromatic N) is 2. The van der Waals surface area contributed by atoms with E-state index in [1.807, 2.05) is 56.3 Å². The minimum Gasteiger partial charge on any atom is -0.365 e. The van der Waals surface area contributed by atoms with Crippen LogP contribution in [0.15, 0.2) is 53.3 Å². The number of halogens is 1. The molecule has 6 nitrogen and oxygen atoms in total. The monoisotopic (exact) mass is 448 g/mol. The van der Waals surface area contributed by atoms with E-state index < -0.39 is 10.0 Å². The summed E-state index contributed by atoms with van der Waals surface area (Å²) < 4.78 is 27.6. The van der Waals surface area contributed by atoms with E-state index in [9.17, 15) is 8.42 Å². The van der Waals surface area contributed by atoms with Gasteiger partial charge in [-0.2, -0.15) is 0 Å². The molecule has 0 amide bonds. The highest BCUT2D eigenvalue weighted by Crippen LogP contribution is 2.23. The topological polar surface area (TPSA) is 84.0 Å². The highest BCUT2D eigenvalue weighted by molar-refractivity contribution is 9.10. The Morgan fingerprint density at radius 3 is 2.44 bits per heavy atom. The van der Waals surface area contributed by atoms with E-state index in [-0.39, 0.29) is 11.8 Å². The molecular weight excluding hydrogens is 428 g/mol. The first kappa shape index (κ1) is 19.7. The van der Waals surface area contributed by atoms with Gasteiger partial charge in [-0.05, 0) is 43.2 Å². The van der Waals surface area contributed by atoms with Crippen molar-refractivity contribution in [2.24, 2.45) is 0 Å². The summed E-state index contributed by atoms with van der Waals surface area (Å²) in [6.07, 6.45) is 1.54. The number of nitrogens with one attached hydrogen (secondary N) is 2. The normalized spacial score (nSPS) is 11.9. The lowest BCUT2D eigenvalue weighted by Gasteiger charge is -2.11. The molecule has 142 valence electrons. The summed E-state index contributed by atoms with van der Waals surface area (Å²) in [6.45, 7) is 4.19. The number of benzene rings is 2. The van der Waals surface area contributed by atoms with Crippen LogP contribution in [0.4, 0.5) is 5.82 Å². The number of rotatable bonds is 7. The van der Waals surface area contributed by atoms with Crippen LogP contribution in [0.25, 0.3) is 10.9 Å². The maximum Gasteiger partial charge on any atom is 0.216 e. The maximum absolute atomic E-state index is 12.0. The molecule has 8 heteroatoms. The molecule has 1 aromatic heterocycles. The highest BCUT2D eigenvalue weighted by atomic mass is 79.9. The van der Waals surface area contributed by atoms with Crippen molar-refractivity contribution in [3.63, 3.8) is 0 Å². The molecule has 2 N–H and O–H groups in total. The zero-order valence-electron chi connectivity index (χ0n) is 15.1. The van der Waals surface area contributed by atoms with Gasteiger partial charge in [0.1, 0.15) is 12.1 Å². The molecule has 3 rings (SSSR count). The first-order chi connectivity index (χ1) is 12.8. The number of aromatic nitrogens is 2. The second kappa shape index (κ2) is 8.33. The number of hydrogen-bond acceptors (Lipinski definition) is 5. The molecule has 0 radical (unpaired) electrons. The van der Waals surface area contributed by atoms with E-state index in [1.165, 1.54) is 6.33 Å². The molecule has 0 aliphatic rings. The Morgan fingerprint density at radius 2 is 1.74 bits per heavy atom. The summed E-state index contributed by atoms with van der Waals surface area (Å²) in [5.41, 5.74) is 2.66. The van der Waals surface area contributed by atoms with E-state index in [1.54, 1.807) is 0 Å². The van der Waals surface area contributed by atoms with Crippen LogP contribution in [-0.4, -0.2) is 24.4 Å². The van der Waals surface area contributed by atoms with Crippen LogP contribution in [0.1, 0.15) is 25.0 Å². The molecular formula is C19H21BrN4O2S. The van der Waals surface area contributed by atoms with E-state index in [0.29, 0.717) is 6.54 Å². The second-order valence-corrected chi connectivity index (χ2v) is 9.25. The average Bonchev–Trinajstić information content (AvgIpc) is 2.59. The van der Waals surface area contributed by atoms with Crippen molar-refractivity contribution in [2.45, 2.75) is 32.2 Å². The number of fused-ring (bicyclic) bond motifs is 1. The van der Waals surface area contributed by atoms with Gasteiger partial charge in [-0.25, -0.2) is 23.1 Å². The quantitative estimate of drug-likeness (QED) is 0.573. The Kier molecular flexibility index (Phi) is 6.08. The fourth-order valence-corrected chi connectivity index (χ4v) is 4.52. The molecule has 0 aliphatic heterocycles.